The quantitative estimate of drug-likeness (QED) is 0.644. The Morgan fingerprint density at radius 1 is 1.23 bits per heavy atom. The number of carbonyl (C=O) groups excluding carboxylic acids is 2. The van der Waals surface area contributed by atoms with Gasteiger partial charge in [-0.3, -0.25) is 9.59 Å². The van der Waals surface area contributed by atoms with Gasteiger partial charge in [0.1, 0.15) is 5.75 Å². The monoisotopic (exact) mass is 448 g/mol. The molecule has 0 spiro atoms. The zero-order valence-electron chi connectivity index (χ0n) is 17.2. The number of rotatable bonds is 7. The third-order valence-electron chi connectivity index (χ3n) is 4.83. The lowest BCUT2D eigenvalue weighted by Crippen LogP contribution is -2.45. The van der Waals surface area contributed by atoms with Crippen molar-refractivity contribution in [2.45, 2.75) is 29.6 Å². The number of methoxy groups -OCH3 is 1. The molecule has 0 aliphatic carbocycles. The van der Waals surface area contributed by atoms with Crippen molar-refractivity contribution < 1.29 is 19.1 Å². The fraction of sp³-hybridized carbons (Fsp3) is 0.364. The van der Waals surface area contributed by atoms with Gasteiger partial charge in [0, 0.05) is 29.4 Å². The van der Waals surface area contributed by atoms with Crippen LogP contribution in [0.25, 0.3) is 0 Å². The van der Waals surface area contributed by atoms with Crippen LogP contribution in [0.2, 0.25) is 5.02 Å². The number of thioether (sulfide) groups is 1. The molecule has 0 saturated heterocycles. The van der Waals surface area contributed by atoms with Crippen LogP contribution in [-0.4, -0.2) is 45.2 Å². The van der Waals surface area contributed by atoms with Crippen molar-refractivity contribution in [3.8, 4) is 5.75 Å². The molecule has 1 N–H and O–H groups in total. The predicted octanol–water partition coefficient (Wildman–Crippen LogP) is 4.07. The molecule has 1 aliphatic rings. The van der Waals surface area contributed by atoms with Gasteiger partial charge in [0.25, 0.3) is 5.91 Å². The minimum atomic E-state index is -0.959. The number of amides is 1. The largest absolute Gasteiger partial charge is 0.497 e. The van der Waals surface area contributed by atoms with Crippen LogP contribution in [0.1, 0.15) is 24.2 Å². The maximum absolute atomic E-state index is 13.6. The Morgan fingerprint density at radius 3 is 2.60 bits per heavy atom. The number of esters is 1. The molecular formula is C22H25ClN2O4S. The number of nitrogens with one attached hydrogen (secondary N) is 1. The summed E-state index contributed by atoms with van der Waals surface area (Å²) >= 11 is 7.74. The first-order valence-corrected chi connectivity index (χ1v) is 11.0. The highest BCUT2D eigenvalue weighted by Crippen LogP contribution is 2.47. The van der Waals surface area contributed by atoms with Gasteiger partial charge in [0.2, 0.25) is 0 Å². The number of hydrogen-bond acceptors (Lipinski definition) is 6. The Hall–Kier alpha value is -2.22. The van der Waals surface area contributed by atoms with E-state index in [1.165, 1.54) is 11.8 Å². The van der Waals surface area contributed by atoms with Crippen molar-refractivity contribution in [3.63, 3.8) is 0 Å². The average Bonchev–Trinajstić information content (AvgIpc) is 2.87. The predicted molar refractivity (Wildman–Crippen MR) is 119 cm³/mol. The zero-order chi connectivity index (χ0) is 21.7. The molecule has 30 heavy (non-hydrogen) atoms. The molecule has 0 saturated carbocycles. The summed E-state index contributed by atoms with van der Waals surface area (Å²) in [7, 11) is 3.43. The molecule has 1 amide bonds. The van der Waals surface area contributed by atoms with E-state index in [1.54, 1.807) is 25.0 Å². The standard InChI is InChI=1S/C22H25ClN2O4S/c1-4-19(26)29-20-21(14-5-8-16(28-3)9-6-14)30-18-13-15(23)7-10-17(18)25(22(20)27)12-11-24-2/h5-10,13,20-21,24H,4,11-12H2,1-3H3/t20-,21+/m0/s1. The first kappa shape index (κ1) is 22.5. The molecule has 2 atom stereocenters. The van der Waals surface area contributed by atoms with E-state index in [1.807, 2.05) is 43.4 Å². The van der Waals surface area contributed by atoms with Gasteiger partial charge in [0.05, 0.1) is 18.0 Å². The van der Waals surface area contributed by atoms with Gasteiger partial charge in [-0.15, -0.1) is 11.8 Å². The molecule has 0 aromatic heterocycles. The molecular weight excluding hydrogens is 424 g/mol. The lowest BCUT2D eigenvalue weighted by atomic mass is 10.1. The summed E-state index contributed by atoms with van der Waals surface area (Å²) in [6.45, 7) is 2.76. The van der Waals surface area contributed by atoms with Gasteiger partial charge in [-0.1, -0.05) is 30.7 Å². The Morgan fingerprint density at radius 2 is 1.97 bits per heavy atom. The summed E-state index contributed by atoms with van der Waals surface area (Å²) in [5.74, 6) is 0.0522. The molecule has 0 fully saturated rings. The summed E-state index contributed by atoms with van der Waals surface area (Å²) in [6.07, 6.45) is -0.766. The van der Waals surface area contributed by atoms with E-state index in [0.717, 1.165) is 16.1 Å². The molecule has 3 rings (SSSR count). The number of fused-ring (bicyclic) bond motifs is 1. The molecule has 1 heterocycles. The van der Waals surface area contributed by atoms with E-state index >= 15 is 0 Å². The van der Waals surface area contributed by atoms with Crippen LogP contribution in [0.4, 0.5) is 5.69 Å². The van der Waals surface area contributed by atoms with E-state index in [2.05, 4.69) is 5.32 Å². The smallest absolute Gasteiger partial charge is 0.306 e. The summed E-state index contributed by atoms with van der Waals surface area (Å²) in [5.41, 5.74) is 1.63. The van der Waals surface area contributed by atoms with Gasteiger partial charge >= 0.3 is 5.97 Å². The van der Waals surface area contributed by atoms with Crippen LogP contribution in [-0.2, 0) is 14.3 Å². The number of halogens is 1. The van der Waals surface area contributed by atoms with Crippen LogP contribution in [0.3, 0.4) is 0 Å². The molecule has 0 unspecified atom stereocenters. The summed E-state index contributed by atoms with van der Waals surface area (Å²) in [6, 6.07) is 12.9. The minimum Gasteiger partial charge on any atom is -0.497 e. The average molecular weight is 449 g/mol. The van der Waals surface area contributed by atoms with Gasteiger partial charge in [-0.2, -0.15) is 0 Å². The van der Waals surface area contributed by atoms with Crippen LogP contribution in [0, 0.1) is 0 Å². The van der Waals surface area contributed by atoms with Crippen molar-refractivity contribution in [1.82, 2.24) is 5.32 Å². The Labute approximate surface area is 185 Å². The van der Waals surface area contributed by atoms with E-state index in [9.17, 15) is 9.59 Å². The fourth-order valence-corrected chi connectivity index (χ4v) is 4.83. The second-order valence-corrected chi connectivity index (χ2v) is 8.40. The van der Waals surface area contributed by atoms with Gasteiger partial charge in [-0.05, 0) is 42.9 Å². The maximum atomic E-state index is 13.6. The van der Waals surface area contributed by atoms with Crippen LogP contribution >= 0.6 is 23.4 Å². The second-order valence-electron chi connectivity index (χ2n) is 6.78. The number of carbonyl (C=O) groups is 2. The minimum absolute atomic E-state index is 0.194. The number of benzene rings is 2. The van der Waals surface area contributed by atoms with E-state index in [0.29, 0.717) is 23.9 Å². The van der Waals surface area contributed by atoms with Gasteiger partial charge in [0.15, 0.2) is 6.10 Å². The van der Waals surface area contributed by atoms with Crippen molar-refractivity contribution in [2.24, 2.45) is 0 Å². The van der Waals surface area contributed by atoms with E-state index < -0.39 is 17.3 Å². The molecule has 0 radical (unpaired) electrons. The lowest BCUT2D eigenvalue weighted by Gasteiger charge is -2.28. The summed E-state index contributed by atoms with van der Waals surface area (Å²) < 4.78 is 10.9. The molecule has 2 aromatic carbocycles. The number of anilines is 1. The normalized spacial score (nSPS) is 18.5. The van der Waals surface area contributed by atoms with Crippen molar-refractivity contribution >= 4 is 40.9 Å². The molecule has 6 nitrogen and oxygen atoms in total. The second kappa shape index (κ2) is 10.2. The van der Waals surface area contributed by atoms with Crippen LogP contribution in [0.5, 0.6) is 5.75 Å². The Bertz CT molecular complexity index is 907. The Kier molecular flexibility index (Phi) is 7.64. The summed E-state index contributed by atoms with van der Waals surface area (Å²) in [4.78, 5) is 28.4. The Balaban J connectivity index is 2.10. The summed E-state index contributed by atoms with van der Waals surface area (Å²) in [5, 5.41) is 3.23. The van der Waals surface area contributed by atoms with Crippen LogP contribution in [0.15, 0.2) is 47.4 Å². The van der Waals surface area contributed by atoms with Crippen molar-refractivity contribution in [2.75, 3.05) is 32.1 Å². The number of hydrogen-bond donors (Lipinski definition) is 1. The highest BCUT2D eigenvalue weighted by molar-refractivity contribution is 7.99. The van der Waals surface area contributed by atoms with Crippen molar-refractivity contribution in [3.05, 3.63) is 53.1 Å². The van der Waals surface area contributed by atoms with Gasteiger partial charge < -0.3 is 19.7 Å². The molecule has 2 aromatic rings. The zero-order valence-corrected chi connectivity index (χ0v) is 18.8. The molecule has 0 bridgehead atoms. The molecule has 1 aliphatic heterocycles. The van der Waals surface area contributed by atoms with E-state index in [4.69, 9.17) is 21.1 Å². The lowest BCUT2D eigenvalue weighted by molar-refractivity contribution is -0.154. The highest BCUT2D eigenvalue weighted by Gasteiger charge is 2.41. The third-order valence-corrected chi connectivity index (χ3v) is 6.42. The van der Waals surface area contributed by atoms with Crippen molar-refractivity contribution in [1.29, 1.82) is 0 Å². The van der Waals surface area contributed by atoms with Gasteiger partial charge in [-0.25, -0.2) is 0 Å². The van der Waals surface area contributed by atoms with Crippen LogP contribution < -0.4 is 15.0 Å². The number of ether oxygens (including phenoxy) is 2. The first-order chi connectivity index (χ1) is 14.5. The van der Waals surface area contributed by atoms with E-state index in [-0.39, 0.29) is 12.3 Å². The highest BCUT2D eigenvalue weighted by atomic mass is 35.5. The topological polar surface area (TPSA) is 67.9 Å². The fourth-order valence-electron chi connectivity index (χ4n) is 3.23. The number of nitrogens with zero attached hydrogens (tertiary/aromatic N) is 1. The number of likely N-dealkylation sites (N-methyl/N-ethyl adjacent to an activating group) is 1. The SMILES string of the molecule is CCC(=O)O[C@@H]1C(=O)N(CCNC)c2ccc(Cl)cc2S[C@@H]1c1ccc(OC)cc1. The molecule has 8 heteroatoms. The first-order valence-electron chi connectivity index (χ1n) is 9.74. The third kappa shape index (κ3) is 4.91. The maximum Gasteiger partial charge on any atom is 0.306 e. The molecule has 160 valence electrons.